The second-order valence-electron chi connectivity index (χ2n) is 5.96. The Kier molecular flexibility index (Phi) is 4.81. The molecular formula is C19H23N3O. The number of aryl methyl sites for hydroxylation is 1. The van der Waals surface area contributed by atoms with Gasteiger partial charge in [-0.1, -0.05) is 18.2 Å². The number of amides is 1. The number of carbonyl (C=O) groups excluding carboxylic acids is 1. The van der Waals surface area contributed by atoms with E-state index in [9.17, 15) is 4.79 Å². The molecule has 1 aliphatic heterocycles. The van der Waals surface area contributed by atoms with Crippen molar-refractivity contribution in [2.75, 3.05) is 35.2 Å². The zero-order chi connectivity index (χ0) is 16.1. The molecule has 0 unspecified atom stereocenters. The lowest BCUT2D eigenvalue weighted by molar-refractivity contribution is -0.114. The van der Waals surface area contributed by atoms with Crippen molar-refractivity contribution in [2.45, 2.75) is 19.8 Å². The van der Waals surface area contributed by atoms with Crippen LogP contribution in [0.3, 0.4) is 0 Å². The van der Waals surface area contributed by atoms with Crippen molar-refractivity contribution in [1.82, 2.24) is 0 Å². The molecule has 2 N–H and O–H groups in total. The first-order chi connectivity index (χ1) is 11.2. The average molecular weight is 309 g/mol. The third-order valence-electron chi connectivity index (χ3n) is 4.21. The molecule has 0 bridgehead atoms. The summed E-state index contributed by atoms with van der Waals surface area (Å²) in [5.41, 5.74) is 4.20. The SMILES string of the molecule is Cc1ccccc1NCC(=O)Nc1ccc(N2CCCC2)cc1. The van der Waals surface area contributed by atoms with Gasteiger partial charge in [-0.2, -0.15) is 0 Å². The molecule has 1 heterocycles. The monoisotopic (exact) mass is 309 g/mol. The number of benzene rings is 2. The Bertz CT molecular complexity index is 661. The Hall–Kier alpha value is -2.49. The van der Waals surface area contributed by atoms with Crippen molar-refractivity contribution in [2.24, 2.45) is 0 Å². The molecule has 0 atom stereocenters. The van der Waals surface area contributed by atoms with E-state index in [0.29, 0.717) is 0 Å². The smallest absolute Gasteiger partial charge is 0.243 e. The van der Waals surface area contributed by atoms with E-state index in [1.807, 2.05) is 43.3 Å². The van der Waals surface area contributed by atoms with Gasteiger partial charge in [0.05, 0.1) is 6.54 Å². The van der Waals surface area contributed by atoms with Gasteiger partial charge < -0.3 is 15.5 Å². The van der Waals surface area contributed by atoms with Crippen LogP contribution in [0.4, 0.5) is 17.1 Å². The molecule has 2 aromatic carbocycles. The van der Waals surface area contributed by atoms with E-state index in [-0.39, 0.29) is 12.5 Å². The molecule has 0 radical (unpaired) electrons. The molecule has 120 valence electrons. The standard InChI is InChI=1S/C19H23N3O/c1-15-6-2-3-7-18(15)20-14-19(23)21-16-8-10-17(11-9-16)22-12-4-5-13-22/h2-3,6-11,20H,4-5,12-14H2,1H3,(H,21,23). The van der Waals surface area contributed by atoms with Gasteiger partial charge in [-0.3, -0.25) is 4.79 Å². The van der Waals surface area contributed by atoms with Crippen LogP contribution in [0.15, 0.2) is 48.5 Å². The predicted octanol–water partition coefficient (Wildman–Crippen LogP) is 3.65. The molecule has 1 saturated heterocycles. The summed E-state index contributed by atoms with van der Waals surface area (Å²) in [6.07, 6.45) is 2.53. The average Bonchev–Trinajstić information content (AvgIpc) is 3.09. The second kappa shape index (κ2) is 7.18. The van der Waals surface area contributed by atoms with E-state index in [1.165, 1.54) is 18.5 Å². The Morgan fingerprint density at radius 1 is 1.04 bits per heavy atom. The number of carbonyl (C=O) groups is 1. The molecular weight excluding hydrogens is 286 g/mol. The minimum atomic E-state index is -0.0397. The zero-order valence-corrected chi connectivity index (χ0v) is 13.5. The quantitative estimate of drug-likeness (QED) is 0.886. The van der Waals surface area contributed by atoms with Crippen LogP contribution in [-0.2, 0) is 4.79 Å². The molecule has 1 aliphatic rings. The largest absolute Gasteiger partial charge is 0.376 e. The summed E-state index contributed by atoms with van der Waals surface area (Å²) in [5, 5.41) is 6.10. The highest BCUT2D eigenvalue weighted by Crippen LogP contribution is 2.22. The fraction of sp³-hybridized carbons (Fsp3) is 0.316. The second-order valence-corrected chi connectivity index (χ2v) is 5.96. The summed E-state index contributed by atoms with van der Waals surface area (Å²) < 4.78 is 0. The minimum absolute atomic E-state index is 0.0397. The first-order valence-corrected chi connectivity index (χ1v) is 8.17. The Morgan fingerprint density at radius 3 is 2.43 bits per heavy atom. The fourth-order valence-electron chi connectivity index (χ4n) is 2.88. The van der Waals surface area contributed by atoms with E-state index in [4.69, 9.17) is 0 Å². The Balaban J connectivity index is 1.52. The lowest BCUT2D eigenvalue weighted by Gasteiger charge is -2.17. The molecule has 0 saturated carbocycles. The number of hydrogen-bond donors (Lipinski definition) is 2. The summed E-state index contributed by atoms with van der Waals surface area (Å²) in [4.78, 5) is 14.4. The van der Waals surface area contributed by atoms with E-state index >= 15 is 0 Å². The highest BCUT2D eigenvalue weighted by molar-refractivity contribution is 5.94. The van der Waals surface area contributed by atoms with Gasteiger partial charge in [0.15, 0.2) is 0 Å². The van der Waals surface area contributed by atoms with Gasteiger partial charge in [-0.05, 0) is 55.7 Å². The fourth-order valence-corrected chi connectivity index (χ4v) is 2.88. The van der Waals surface area contributed by atoms with Crippen LogP contribution in [0.2, 0.25) is 0 Å². The van der Waals surface area contributed by atoms with Gasteiger partial charge in [0.2, 0.25) is 5.91 Å². The molecule has 3 rings (SSSR count). The lowest BCUT2D eigenvalue weighted by Crippen LogP contribution is -2.22. The summed E-state index contributed by atoms with van der Waals surface area (Å²) in [7, 11) is 0. The van der Waals surface area contributed by atoms with Crippen LogP contribution >= 0.6 is 0 Å². The maximum atomic E-state index is 12.1. The Labute approximate surface area is 137 Å². The van der Waals surface area contributed by atoms with Crippen molar-refractivity contribution in [3.8, 4) is 0 Å². The van der Waals surface area contributed by atoms with Crippen LogP contribution < -0.4 is 15.5 Å². The number of rotatable bonds is 5. The van der Waals surface area contributed by atoms with Crippen LogP contribution in [0.5, 0.6) is 0 Å². The zero-order valence-electron chi connectivity index (χ0n) is 13.5. The Morgan fingerprint density at radius 2 is 1.74 bits per heavy atom. The first-order valence-electron chi connectivity index (χ1n) is 8.17. The molecule has 1 fully saturated rings. The third kappa shape index (κ3) is 4.03. The van der Waals surface area contributed by atoms with Gasteiger partial charge in [-0.15, -0.1) is 0 Å². The maximum absolute atomic E-state index is 12.1. The van der Waals surface area contributed by atoms with Crippen LogP contribution in [0, 0.1) is 6.92 Å². The predicted molar refractivity (Wildman–Crippen MR) is 96.2 cm³/mol. The molecule has 0 aromatic heterocycles. The van der Waals surface area contributed by atoms with Crippen molar-refractivity contribution < 1.29 is 4.79 Å². The number of nitrogens with one attached hydrogen (secondary N) is 2. The normalized spacial score (nSPS) is 13.9. The third-order valence-corrected chi connectivity index (χ3v) is 4.21. The summed E-state index contributed by atoms with van der Waals surface area (Å²) in [6.45, 7) is 4.55. The van der Waals surface area contributed by atoms with Gasteiger partial charge in [0, 0.05) is 30.2 Å². The lowest BCUT2D eigenvalue weighted by atomic mass is 10.2. The van der Waals surface area contributed by atoms with Gasteiger partial charge in [-0.25, -0.2) is 0 Å². The number of anilines is 3. The highest BCUT2D eigenvalue weighted by atomic mass is 16.1. The van der Waals surface area contributed by atoms with Crippen molar-refractivity contribution in [3.63, 3.8) is 0 Å². The van der Waals surface area contributed by atoms with Crippen molar-refractivity contribution in [3.05, 3.63) is 54.1 Å². The molecule has 2 aromatic rings. The molecule has 0 spiro atoms. The molecule has 1 amide bonds. The number of nitrogens with zero attached hydrogens (tertiary/aromatic N) is 1. The van der Waals surface area contributed by atoms with E-state index in [0.717, 1.165) is 30.0 Å². The topological polar surface area (TPSA) is 44.4 Å². The van der Waals surface area contributed by atoms with Crippen LogP contribution in [0.1, 0.15) is 18.4 Å². The van der Waals surface area contributed by atoms with Crippen LogP contribution in [0.25, 0.3) is 0 Å². The van der Waals surface area contributed by atoms with Gasteiger partial charge in [0.25, 0.3) is 0 Å². The number of para-hydroxylation sites is 1. The van der Waals surface area contributed by atoms with E-state index < -0.39 is 0 Å². The van der Waals surface area contributed by atoms with E-state index in [2.05, 4.69) is 27.7 Å². The molecule has 4 heteroatoms. The number of hydrogen-bond acceptors (Lipinski definition) is 3. The highest BCUT2D eigenvalue weighted by Gasteiger charge is 2.12. The maximum Gasteiger partial charge on any atom is 0.243 e. The van der Waals surface area contributed by atoms with Gasteiger partial charge in [0.1, 0.15) is 0 Å². The molecule has 4 nitrogen and oxygen atoms in total. The van der Waals surface area contributed by atoms with E-state index in [1.54, 1.807) is 0 Å². The van der Waals surface area contributed by atoms with Gasteiger partial charge >= 0.3 is 0 Å². The summed E-state index contributed by atoms with van der Waals surface area (Å²) in [5.74, 6) is -0.0397. The molecule has 0 aliphatic carbocycles. The summed E-state index contributed by atoms with van der Waals surface area (Å²) in [6, 6.07) is 16.1. The van der Waals surface area contributed by atoms with Crippen molar-refractivity contribution >= 4 is 23.0 Å². The molecule has 23 heavy (non-hydrogen) atoms. The first kappa shape index (κ1) is 15.4. The van der Waals surface area contributed by atoms with Crippen LogP contribution in [-0.4, -0.2) is 25.5 Å². The summed E-state index contributed by atoms with van der Waals surface area (Å²) >= 11 is 0. The van der Waals surface area contributed by atoms with Crippen molar-refractivity contribution in [1.29, 1.82) is 0 Å². The minimum Gasteiger partial charge on any atom is -0.376 e.